The number of alkyl halides is 2. The Bertz CT molecular complexity index is 3420. The van der Waals surface area contributed by atoms with Crippen LogP contribution in [0.4, 0.5) is 0 Å². The Morgan fingerprint density at radius 2 is 0.889 bits per heavy atom. The number of carbonyl (C=O) groups excluding carboxylic acids is 5. The minimum atomic E-state index is -1.94. The van der Waals surface area contributed by atoms with Gasteiger partial charge in [0.2, 0.25) is 23.2 Å². The summed E-state index contributed by atoms with van der Waals surface area (Å²) in [4.78, 5) is 107. The van der Waals surface area contributed by atoms with Gasteiger partial charge >= 0.3 is 77.4 Å². The van der Waals surface area contributed by atoms with Crippen molar-refractivity contribution < 1.29 is 89.6 Å². The van der Waals surface area contributed by atoms with Crippen LogP contribution in [-0.2, 0) is 13.6 Å². The van der Waals surface area contributed by atoms with E-state index in [9.17, 15) is 19.2 Å². The summed E-state index contributed by atoms with van der Waals surface area (Å²) in [5.74, 6) is 1.81. The number of ketones is 4. The van der Waals surface area contributed by atoms with Crippen molar-refractivity contribution in [2.75, 3.05) is 6.38 Å². The molecule has 7 aromatic rings. The van der Waals surface area contributed by atoms with Gasteiger partial charge in [-0.3, -0.25) is 19.2 Å². The molecule has 0 spiro atoms. The number of carboxylic acid groups (broad SMARTS) is 1. The van der Waals surface area contributed by atoms with Gasteiger partial charge in [0.25, 0.3) is 0 Å². The Balaban J connectivity index is -0.000000147. The molecule has 3 N–H and O–H groups in total. The molecule has 0 fully saturated rings. The number of halogens is 4. The van der Waals surface area contributed by atoms with E-state index in [1.165, 1.54) is 38.1 Å². The summed E-state index contributed by atoms with van der Waals surface area (Å²) in [5, 5.41) is 25.9. The van der Waals surface area contributed by atoms with Gasteiger partial charge in [-0.25, -0.2) is 69.8 Å². The third kappa shape index (κ3) is 56.2. The summed E-state index contributed by atoms with van der Waals surface area (Å²) >= 11 is 17.1. The first kappa shape index (κ1) is 121. The van der Waals surface area contributed by atoms with Gasteiger partial charge in [0.05, 0.1) is 17.0 Å². The molecule has 37 heteroatoms. The van der Waals surface area contributed by atoms with Gasteiger partial charge in [-0.1, -0.05) is 112 Å². The molecule has 5 atom stereocenters. The summed E-state index contributed by atoms with van der Waals surface area (Å²) in [7, 11) is -0.789. The molecule has 0 aliphatic rings. The van der Waals surface area contributed by atoms with Crippen LogP contribution in [0.25, 0.3) is 5.57 Å². The first-order chi connectivity index (χ1) is 48.4. The van der Waals surface area contributed by atoms with Gasteiger partial charge in [0.15, 0.2) is 58.9 Å². The van der Waals surface area contributed by atoms with Crippen molar-refractivity contribution in [1.82, 2.24) is 69.8 Å². The molecule has 7 heterocycles. The largest absolute Gasteiger partial charge is 2.00 e. The predicted molar refractivity (Wildman–Crippen MR) is 440 cm³/mol. The molecule has 587 valence electrons. The van der Waals surface area contributed by atoms with Crippen LogP contribution < -0.4 is 57.4 Å². The van der Waals surface area contributed by atoms with E-state index in [0.717, 1.165) is 11.4 Å². The average Bonchev–Trinajstić information content (AvgIpc) is 0.826. The van der Waals surface area contributed by atoms with E-state index >= 15 is 0 Å². The first-order valence-corrected chi connectivity index (χ1v) is 44.2. The van der Waals surface area contributed by atoms with Crippen molar-refractivity contribution >= 4 is 141 Å². The first-order valence-electron chi connectivity index (χ1n) is 32.3. The number of Topliss-reactive ketones (excluding diaryl/α,β-unsaturated/α-hetero) is 4. The maximum absolute atomic E-state index is 12.1. The van der Waals surface area contributed by atoms with Gasteiger partial charge in [0.1, 0.15) is 24.1 Å². The fraction of sp³-hybridized carbons (Fsp3) is 0.479. The molecular formula is C71H112BBr2Cl2MgN17NaO9SSi3. The van der Waals surface area contributed by atoms with Gasteiger partial charge in [-0.05, 0) is 131 Å². The standard InChI is InChI=1S/C13H25N3OSi.C13H22N2O2Si.C8H10N2.C7H7BrN2O.C7H8N2O2.C7H8N2O.C6H15ClSi.C5H3N3.C2H5.CH3Cl.CH2O2.CH4.BHNS.BrH.Mg.Na/c1-10(17-18(5,6)13(2,3)4)11(14)12-15-8-7-9-16-12;1-10(17-18(5,6)13(2,3)4)11(16)12-14-8-7-9-15-12;1-3-7(2)8-9-5-4-6-10-8;1-5(8)6(11)7-9-3-2-4-10-7;1-5(10)6(11)7-8-3-2-4-9-7;1-2-6(10)7-8-4-3-5-9-7;1-6(2,3)8(4,5)7;6-4-5-7-2-1-3-8-5;2*1-2;2-1-3;;1-2-3;;;/h7-11H,14H2,1-6H3;7-10H,1-6H3;3-6H,1-2H3;2-5H,1H3;2-5,10H,1H3;3-5H,2H2,1H3;1-5H3;1-3H;1H2,2H3;1H3;1H,(H,2,3);1H4;3H;1H;;/q;;;;;;;;-1;;;;;;+2;+1/p-2/b;;7-3+;;;;;;;;;;;;;. The number of aromatic nitrogens is 14. The van der Waals surface area contributed by atoms with Gasteiger partial charge in [0, 0.05) is 106 Å². The average molecular weight is 1750 g/mol. The number of aliphatic hydroxyl groups excluding tert-OH is 1. The van der Waals surface area contributed by atoms with Gasteiger partial charge in [-0.2, -0.15) is 23.3 Å². The van der Waals surface area contributed by atoms with E-state index in [0.29, 0.717) is 23.1 Å². The molecule has 0 aliphatic heterocycles. The van der Waals surface area contributed by atoms with Crippen LogP contribution in [0.2, 0.25) is 54.4 Å². The van der Waals surface area contributed by atoms with E-state index in [4.69, 9.17) is 45.9 Å². The topological polar surface area (TPSA) is 390 Å². The van der Waals surface area contributed by atoms with Crippen LogP contribution in [-0.4, -0.2) is 189 Å². The fourth-order valence-electron chi connectivity index (χ4n) is 5.50. The summed E-state index contributed by atoms with van der Waals surface area (Å²) in [6.07, 6.45) is 24.6. The molecule has 0 saturated heterocycles. The normalized spacial score (nSPS) is 11.6. The van der Waals surface area contributed by atoms with Crippen molar-refractivity contribution in [2.45, 2.75) is 215 Å². The summed E-state index contributed by atoms with van der Waals surface area (Å²) in [6, 6.07) is 13.5. The minimum Gasteiger partial charge on any atom is -1.00 e. The van der Waals surface area contributed by atoms with Crippen molar-refractivity contribution in [1.29, 1.82) is 5.26 Å². The second-order valence-corrected chi connectivity index (χ2v) is 43.7. The zero-order chi connectivity index (χ0) is 81.5. The van der Waals surface area contributed by atoms with E-state index < -0.39 is 48.5 Å². The second kappa shape index (κ2) is 67.6. The van der Waals surface area contributed by atoms with Crippen LogP contribution in [0.3, 0.4) is 0 Å². The number of nitrogens with two attached hydrogens (primary N) is 1. The summed E-state index contributed by atoms with van der Waals surface area (Å²) in [6.45, 7) is 49.9. The maximum atomic E-state index is 12.1. The number of thiol groups is 1. The Labute approximate surface area is 719 Å². The molecule has 26 nitrogen and oxygen atoms in total. The van der Waals surface area contributed by atoms with Gasteiger partial charge < -0.3 is 53.5 Å². The molecule has 7 rings (SSSR count). The van der Waals surface area contributed by atoms with Crippen LogP contribution in [0.15, 0.2) is 140 Å². The molecular weight excluding hydrogens is 1640 g/mol. The third-order valence-corrected chi connectivity index (χ3v) is 29.2. The molecule has 0 amide bonds. The van der Waals surface area contributed by atoms with Crippen molar-refractivity contribution in [3.05, 3.63) is 183 Å². The number of nitrogens with zero attached hydrogens (tertiary/aromatic N) is 16. The molecule has 0 aliphatic carbocycles. The quantitative estimate of drug-likeness (QED) is 0.0165. The molecule has 0 bridgehead atoms. The summed E-state index contributed by atoms with van der Waals surface area (Å²) in [5.41, 5.74) is 7.27. The number of carbonyl (C=O) groups is 5. The van der Waals surface area contributed by atoms with Gasteiger partial charge in [-0.15, -0.1) is 11.6 Å². The summed E-state index contributed by atoms with van der Waals surface area (Å²) < 4.78 is 15.0. The van der Waals surface area contributed by atoms with E-state index in [-0.39, 0.29) is 145 Å². The monoisotopic (exact) mass is 1750 g/mol. The molecule has 0 aromatic carbocycles. The van der Waals surface area contributed by atoms with Crippen molar-refractivity contribution in [2.24, 2.45) is 10.0 Å². The second-order valence-electron chi connectivity index (χ2n) is 25.3. The number of allylic oxidation sites excluding steroid dienone is 2. The van der Waals surface area contributed by atoms with E-state index in [1.54, 1.807) is 132 Å². The number of nitriles is 1. The Hall–Kier alpha value is -5.05. The Morgan fingerprint density at radius 1 is 0.630 bits per heavy atom. The van der Waals surface area contributed by atoms with Crippen LogP contribution in [0.1, 0.15) is 198 Å². The van der Waals surface area contributed by atoms with Crippen LogP contribution in [0.5, 0.6) is 0 Å². The molecule has 1 radical (unpaired) electrons. The maximum Gasteiger partial charge on any atom is 2.00 e. The zero-order valence-electron chi connectivity index (χ0n) is 66.8. The fourth-order valence-corrected chi connectivity index (χ4v) is 8.47. The number of hydrogen-bond acceptors (Lipinski definition) is 27. The predicted octanol–water partition coefficient (Wildman–Crippen LogP) is 8.49. The minimum absolute atomic E-state index is 0. The molecule has 0 saturated carbocycles. The number of rotatable bonds is 15. The molecule has 7 aromatic heterocycles. The molecule has 108 heavy (non-hydrogen) atoms. The smallest absolute Gasteiger partial charge is 1.00 e. The van der Waals surface area contributed by atoms with Crippen LogP contribution in [0, 0.1) is 18.3 Å². The Morgan fingerprint density at radius 3 is 1.14 bits per heavy atom. The van der Waals surface area contributed by atoms with Crippen molar-refractivity contribution in [3.8, 4) is 6.07 Å². The van der Waals surface area contributed by atoms with Crippen molar-refractivity contribution in [3.63, 3.8) is 0 Å². The molecule has 5 unspecified atom stereocenters. The number of hydrogen-bond donors (Lipinski definition) is 3. The van der Waals surface area contributed by atoms with Crippen LogP contribution >= 0.6 is 51.4 Å². The number of aliphatic hydroxyl groups is 1. The zero-order valence-corrected chi connectivity index (χ0v) is 78.8. The van der Waals surface area contributed by atoms with E-state index in [1.807, 2.05) is 32.9 Å². The Kier molecular flexibility index (Phi) is 75.9. The SMILES string of the molecule is C.C/C=C(\C)c1ncccn1.CC(Br)C(=O)c1ncccn1.CC(C)(C)[Si](C)(C)Cl.CC(O)C(=O)c1ncccn1.CC(O[Si](C)(C)C(C)(C)C)C(=O)c1ncccn1.CC(O[Si](C)(C)C(C)(C)C)C(N)c1ncccn1.CCC(=O)c1ncccn1.CCl.N#Cc1ncccn1.O=C[O-].[B]=NS.[Br-].[CH2-]C.[Mg+2].[Na+]. The third-order valence-electron chi connectivity index (χ3n) is 14.4. The van der Waals surface area contributed by atoms with E-state index in [2.05, 4.69) is 231 Å².